The molecular formula is C8H18O9S. The summed E-state index contributed by atoms with van der Waals surface area (Å²) in [5.74, 6) is 0. The van der Waals surface area contributed by atoms with Gasteiger partial charge in [0.05, 0.1) is 19.5 Å². The Morgan fingerprint density at radius 3 is 1.72 bits per heavy atom. The molecule has 0 amide bonds. The molecule has 0 fully saturated rings. The molecule has 0 spiro atoms. The fourth-order valence-corrected chi connectivity index (χ4v) is 1.83. The lowest BCUT2D eigenvalue weighted by atomic mass is 10.00. The first-order valence-corrected chi connectivity index (χ1v) is 6.78. The quantitative estimate of drug-likeness (QED) is 0.243. The third-order valence-corrected chi connectivity index (χ3v) is 2.69. The van der Waals surface area contributed by atoms with Crippen LogP contribution in [0.2, 0.25) is 0 Å². The van der Waals surface area contributed by atoms with Gasteiger partial charge in [-0.2, -0.15) is 8.42 Å². The number of hydrogen-bond donors (Lipinski definition) is 6. The molecule has 0 unspecified atom stereocenters. The van der Waals surface area contributed by atoms with Crippen LogP contribution in [0.5, 0.6) is 0 Å². The van der Waals surface area contributed by atoms with Crippen LogP contribution >= 0.6 is 0 Å². The minimum Gasteiger partial charge on any atom is -0.394 e. The van der Waals surface area contributed by atoms with Gasteiger partial charge in [0.25, 0.3) is 10.1 Å². The van der Waals surface area contributed by atoms with Gasteiger partial charge in [0.2, 0.25) is 0 Å². The molecule has 0 rings (SSSR count). The van der Waals surface area contributed by atoms with E-state index in [0.29, 0.717) is 6.26 Å². The molecule has 0 aliphatic carbocycles. The average Bonchev–Trinajstić information content (AvgIpc) is 2.30. The van der Waals surface area contributed by atoms with E-state index in [-0.39, 0.29) is 0 Å². The summed E-state index contributed by atoms with van der Waals surface area (Å²) >= 11 is 0. The third-order valence-electron chi connectivity index (χ3n) is 2.12. The third kappa shape index (κ3) is 5.54. The van der Waals surface area contributed by atoms with Crippen LogP contribution in [-0.2, 0) is 14.3 Å². The van der Waals surface area contributed by atoms with E-state index in [2.05, 4.69) is 4.18 Å². The van der Waals surface area contributed by atoms with Crippen LogP contribution < -0.4 is 0 Å². The Kier molecular flexibility index (Phi) is 7.17. The zero-order valence-corrected chi connectivity index (χ0v) is 10.4. The van der Waals surface area contributed by atoms with Crippen molar-refractivity contribution < 1.29 is 43.2 Å². The predicted octanol–water partition coefficient (Wildman–Crippen LogP) is -4.24. The summed E-state index contributed by atoms with van der Waals surface area (Å²) in [6.45, 7) is -1.82. The molecule has 10 heteroatoms. The molecule has 9 nitrogen and oxygen atoms in total. The fraction of sp³-hybridized carbons (Fsp3) is 1.00. The van der Waals surface area contributed by atoms with Crippen molar-refractivity contribution in [3.05, 3.63) is 0 Å². The maximum Gasteiger partial charge on any atom is 0.264 e. The molecule has 0 aromatic rings. The van der Waals surface area contributed by atoms with Crippen molar-refractivity contribution in [1.82, 2.24) is 0 Å². The zero-order valence-electron chi connectivity index (χ0n) is 9.62. The van der Waals surface area contributed by atoms with Crippen molar-refractivity contribution in [3.63, 3.8) is 0 Å². The minimum atomic E-state index is -4.08. The Morgan fingerprint density at radius 2 is 1.39 bits per heavy atom. The van der Waals surface area contributed by atoms with Gasteiger partial charge in [-0.05, 0) is 0 Å². The molecule has 6 N–H and O–H groups in total. The highest BCUT2D eigenvalue weighted by Gasteiger charge is 2.38. The van der Waals surface area contributed by atoms with Gasteiger partial charge in [-0.25, -0.2) is 0 Å². The summed E-state index contributed by atoms with van der Waals surface area (Å²) < 4.78 is 26.1. The van der Waals surface area contributed by atoms with Crippen LogP contribution in [0.25, 0.3) is 0 Å². The fourth-order valence-electron chi connectivity index (χ4n) is 1.18. The van der Waals surface area contributed by atoms with Gasteiger partial charge in [0, 0.05) is 0 Å². The van der Waals surface area contributed by atoms with Gasteiger partial charge < -0.3 is 30.6 Å². The van der Waals surface area contributed by atoms with Gasteiger partial charge in [-0.3, -0.25) is 4.18 Å². The standard InChI is InChI=1S/C8H18O9S/c1-18(15,16)17-8(5(12)3-10)7(14)6(13)4(11)2-9/h4-14H,2-3H2,1H3/t4-,5-,6-,7-,8-/m1/s1. The molecule has 110 valence electrons. The monoisotopic (exact) mass is 290 g/mol. The van der Waals surface area contributed by atoms with Crippen LogP contribution in [0.4, 0.5) is 0 Å². The second kappa shape index (κ2) is 7.31. The first-order chi connectivity index (χ1) is 8.14. The van der Waals surface area contributed by atoms with Crippen molar-refractivity contribution in [2.75, 3.05) is 19.5 Å². The zero-order chi connectivity index (χ0) is 14.5. The molecule has 0 heterocycles. The molecule has 0 aromatic heterocycles. The van der Waals surface area contributed by atoms with Crippen LogP contribution in [-0.4, -0.2) is 89.0 Å². The lowest BCUT2D eigenvalue weighted by molar-refractivity contribution is -0.136. The molecule has 0 bridgehead atoms. The van der Waals surface area contributed by atoms with Crippen LogP contribution in [0.1, 0.15) is 0 Å². The maximum atomic E-state index is 10.9. The second-order valence-corrected chi connectivity index (χ2v) is 5.35. The first-order valence-electron chi connectivity index (χ1n) is 4.96. The van der Waals surface area contributed by atoms with Crippen molar-refractivity contribution in [1.29, 1.82) is 0 Å². The molecule has 0 aliphatic heterocycles. The molecule has 0 radical (unpaired) electrons. The minimum absolute atomic E-state index is 0.645. The smallest absolute Gasteiger partial charge is 0.264 e. The SMILES string of the molecule is CS(=O)(=O)O[C@@H]([C@H](O)[C@H](O)[C@H](O)CO)[C@H](O)CO. The van der Waals surface area contributed by atoms with E-state index in [1.807, 2.05) is 0 Å². The van der Waals surface area contributed by atoms with Crippen LogP contribution in [0.15, 0.2) is 0 Å². The molecule has 18 heavy (non-hydrogen) atoms. The maximum absolute atomic E-state index is 10.9. The van der Waals surface area contributed by atoms with E-state index in [1.165, 1.54) is 0 Å². The molecule has 0 saturated carbocycles. The summed E-state index contributed by atoms with van der Waals surface area (Å²) in [7, 11) is -4.08. The van der Waals surface area contributed by atoms with Gasteiger partial charge in [-0.15, -0.1) is 0 Å². The summed E-state index contributed by atoms with van der Waals surface area (Å²) in [5, 5.41) is 54.6. The lowest BCUT2D eigenvalue weighted by Gasteiger charge is -2.30. The number of aliphatic hydroxyl groups excluding tert-OH is 6. The van der Waals surface area contributed by atoms with Crippen molar-refractivity contribution in [2.45, 2.75) is 30.5 Å². The Hall–Kier alpha value is -0.330. The van der Waals surface area contributed by atoms with Gasteiger partial charge in [0.15, 0.2) is 0 Å². The van der Waals surface area contributed by atoms with Gasteiger partial charge >= 0.3 is 0 Å². The Balaban J connectivity index is 4.96. The lowest BCUT2D eigenvalue weighted by Crippen LogP contribution is -2.52. The van der Waals surface area contributed by atoms with Crippen LogP contribution in [0.3, 0.4) is 0 Å². The molecule has 0 saturated heterocycles. The van der Waals surface area contributed by atoms with Crippen molar-refractivity contribution >= 4 is 10.1 Å². The van der Waals surface area contributed by atoms with E-state index in [0.717, 1.165) is 0 Å². The van der Waals surface area contributed by atoms with Crippen LogP contribution in [0, 0.1) is 0 Å². The largest absolute Gasteiger partial charge is 0.394 e. The van der Waals surface area contributed by atoms with Crippen molar-refractivity contribution in [2.24, 2.45) is 0 Å². The first kappa shape index (κ1) is 17.7. The Labute approximate surface area is 104 Å². The van der Waals surface area contributed by atoms with Gasteiger partial charge in [0.1, 0.15) is 30.5 Å². The van der Waals surface area contributed by atoms with E-state index in [1.54, 1.807) is 0 Å². The Bertz CT molecular complexity index is 329. The highest BCUT2D eigenvalue weighted by Crippen LogP contribution is 2.14. The number of rotatable bonds is 8. The van der Waals surface area contributed by atoms with E-state index in [4.69, 9.17) is 15.3 Å². The number of aliphatic hydroxyl groups is 6. The van der Waals surface area contributed by atoms with E-state index in [9.17, 15) is 23.7 Å². The normalized spacial score (nSPS) is 21.1. The second-order valence-electron chi connectivity index (χ2n) is 3.75. The Morgan fingerprint density at radius 1 is 0.944 bits per heavy atom. The molecule has 0 aromatic carbocycles. The topological polar surface area (TPSA) is 165 Å². The van der Waals surface area contributed by atoms with Gasteiger partial charge in [-0.1, -0.05) is 0 Å². The molecule has 5 atom stereocenters. The van der Waals surface area contributed by atoms with E-state index < -0.39 is 53.9 Å². The van der Waals surface area contributed by atoms with Crippen molar-refractivity contribution in [3.8, 4) is 0 Å². The predicted molar refractivity (Wildman–Crippen MR) is 57.9 cm³/mol. The average molecular weight is 290 g/mol. The summed E-state index contributed by atoms with van der Waals surface area (Å²) in [6, 6.07) is 0. The highest BCUT2D eigenvalue weighted by molar-refractivity contribution is 7.86. The number of hydrogen-bond acceptors (Lipinski definition) is 9. The summed E-state index contributed by atoms with van der Waals surface area (Å²) in [5.41, 5.74) is 0. The summed E-state index contributed by atoms with van der Waals surface area (Å²) in [4.78, 5) is 0. The highest BCUT2D eigenvalue weighted by atomic mass is 32.2. The molecular weight excluding hydrogens is 272 g/mol. The van der Waals surface area contributed by atoms with E-state index >= 15 is 0 Å². The molecule has 0 aliphatic rings. The summed E-state index contributed by atoms with van der Waals surface area (Å²) in [6.07, 6.45) is -8.76.